The number of aryl methyl sites for hydroxylation is 2. The Bertz CT molecular complexity index is 540. The molecule has 0 bridgehead atoms. The third-order valence-electron chi connectivity index (χ3n) is 3.42. The van der Waals surface area contributed by atoms with E-state index in [1.54, 1.807) is 13.3 Å². The average molecular weight is 271 g/mol. The van der Waals surface area contributed by atoms with Crippen LogP contribution in [-0.2, 0) is 6.42 Å². The minimum absolute atomic E-state index is 0.0684. The van der Waals surface area contributed by atoms with Gasteiger partial charge in [0.2, 0.25) is 0 Å². The van der Waals surface area contributed by atoms with Crippen molar-refractivity contribution in [2.45, 2.75) is 25.8 Å². The molecule has 1 aromatic heterocycles. The van der Waals surface area contributed by atoms with Gasteiger partial charge in [-0.15, -0.1) is 0 Å². The van der Waals surface area contributed by atoms with Gasteiger partial charge in [-0.05, 0) is 37.0 Å². The molecule has 0 saturated heterocycles. The zero-order chi connectivity index (χ0) is 14.4. The number of ether oxygens (including phenoxy) is 1. The van der Waals surface area contributed by atoms with Crippen LogP contribution >= 0.6 is 0 Å². The summed E-state index contributed by atoms with van der Waals surface area (Å²) in [4.78, 5) is 4.17. The van der Waals surface area contributed by atoms with E-state index in [0.717, 1.165) is 24.2 Å². The van der Waals surface area contributed by atoms with Crippen molar-refractivity contribution in [3.05, 3.63) is 59.4 Å². The number of pyridine rings is 1. The van der Waals surface area contributed by atoms with E-state index in [1.807, 2.05) is 12.3 Å². The van der Waals surface area contributed by atoms with Crippen molar-refractivity contribution in [2.24, 2.45) is 5.84 Å². The summed E-state index contributed by atoms with van der Waals surface area (Å²) < 4.78 is 5.19. The number of nitrogens with one attached hydrogen (secondary N) is 1. The Morgan fingerprint density at radius 3 is 2.65 bits per heavy atom. The van der Waals surface area contributed by atoms with Crippen molar-refractivity contribution in [3.8, 4) is 5.75 Å². The van der Waals surface area contributed by atoms with Crippen LogP contribution in [0.1, 0.15) is 29.2 Å². The summed E-state index contributed by atoms with van der Waals surface area (Å²) in [5, 5.41) is 0. The van der Waals surface area contributed by atoms with E-state index in [1.165, 1.54) is 11.1 Å². The van der Waals surface area contributed by atoms with Crippen molar-refractivity contribution in [1.29, 1.82) is 0 Å². The summed E-state index contributed by atoms with van der Waals surface area (Å²) in [5.41, 5.74) is 6.49. The van der Waals surface area contributed by atoms with E-state index < -0.39 is 0 Å². The van der Waals surface area contributed by atoms with E-state index in [-0.39, 0.29) is 6.04 Å². The van der Waals surface area contributed by atoms with Crippen LogP contribution in [0.2, 0.25) is 0 Å². The van der Waals surface area contributed by atoms with E-state index in [0.29, 0.717) is 0 Å². The van der Waals surface area contributed by atoms with Crippen molar-refractivity contribution in [2.75, 3.05) is 7.11 Å². The summed E-state index contributed by atoms with van der Waals surface area (Å²) in [6, 6.07) is 10.6. The van der Waals surface area contributed by atoms with Crippen LogP contribution in [0.3, 0.4) is 0 Å². The highest BCUT2D eigenvalue weighted by atomic mass is 16.5. The maximum atomic E-state index is 5.67. The topological polar surface area (TPSA) is 60.2 Å². The van der Waals surface area contributed by atoms with E-state index in [4.69, 9.17) is 10.6 Å². The molecule has 2 rings (SSSR count). The summed E-state index contributed by atoms with van der Waals surface area (Å²) in [7, 11) is 1.64. The van der Waals surface area contributed by atoms with Crippen molar-refractivity contribution in [1.82, 2.24) is 10.4 Å². The quantitative estimate of drug-likeness (QED) is 0.626. The number of benzene rings is 1. The first kappa shape index (κ1) is 14.5. The number of hydrogen-bond donors (Lipinski definition) is 2. The predicted octanol–water partition coefficient (Wildman–Crippen LogP) is 2.54. The molecular weight excluding hydrogens is 250 g/mol. The first-order valence-corrected chi connectivity index (χ1v) is 6.73. The number of rotatable bonds is 6. The molecule has 4 heteroatoms. The molecule has 1 atom stereocenters. The molecule has 0 aliphatic carbocycles. The summed E-state index contributed by atoms with van der Waals surface area (Å²) in [6.45, 7) is 2.09. The molecule has 1 unspecified atom stereocenters. The Balaban J connectivity index is 2.03. The number of hydrazine groups is 1. The molecule has 106 valence electrons. The van der Waals surface area contributed by atoms with Gasteiger partial charge >= 0.3 is 0 Å². The van der Waals surface area contributed by atoms with Crippen molar-refractivity contribution < 1.29 is 4.74 Å². The largest absolute Gasteiger partial charge is 0.495 e. The maximum absolute atomic E-state index is 5.67. The molecule has 0 saturated carbocycles. The summed E-state index contributed by atoms with van der Waals surface area (Å²) >= 11 is 0. The Labute approximate surface area is 120 Å². The van der Waals surface area contributed by atoms with Crippen LogP contribution in [-0.4, -0.2) is 12.1 Å². The van der Waals surface area contributed by atoms with Crippen LogP contribution < -0.4 is 16.0 Å². The van der Waals surface area contributed by atoms with Gasteiger partial charge < -0.3 is 4.74 Å². The molecule has 4 nitrogen and oxygen atoms in total. The molecule has 0 aliphatic rings. The highest BCUT2D eigenvalue weighted by Gasteiger charge is 2.11. The fraction of sp³-hybridized carbons (Fsp3) is 0.312. The normalized spacial score (nSPS) is 12.2. The maximum Gasteiger partial charge on any atom is 0.137 e. The third-order valence-corrected chi connectivity index (χ3v) is 3.42. The molecule has 0 radical (unpaired) electrons. The summed E-state index contributed by atoms with van der Waals surface area (Å²) in [5.74, 6) is 6.41. The lowest BCUT2D eigenvalue weighted by Gasteiger charge is -2.16. The first-order chi connectivity index (χ1) is 9.72. The van der Waals surface area contributed by atoms with Gasteiger partial charge in [0.15, 0.2) is 0 Å². The lowest BCUT2D eigenvalue weighted by Crippen LogP contribution is -2.28. The van der Waals surface area contributed by atoms with Crippen LogP contribution in [0.4, 0.5) is 0 Å². The van der Waals surface area contributed by atoms with Crippen LogP contribution in [0, 0.1) is 6.92 Å². The van der Waals surface area contributed by atoms with Gasteiger partial charge in [-0.2, -0.15) is 0 Å². The number of aromatic nitrogens is 1. The Morgan fingerprint density at radius 1 is 1.25 bits per heavy atom. The molecule has 2 aromatic rings. The molecule has 20 heavy (non-hydrogen) atoms. The number of methoxy groups -OCH3 is 1. The fourth-order valence-electron chi connectivity index (χ4n) is 2.15. The zero-order valence-corrected chi connectivity index (χ0v) is 12.0. The second-order valence-electron chi connectivity index (χ2n) is 4.90. The summed E-state index contributed by atoms with van der Waals surface area (Å²) in [6.07, 6.45) is 5.39. The smallest absolute Gasteiger partial charge is 0.137 e. The van der Waals surface area contributed by atoms with Gasteiger partial charge in [0, 0.05) is 12.2 Å². The van der Waals surface area contributed by atoms with Gasteiger partial charge in [-0.3, -0.25) is 16.3 Å². The molecule has 3 N–H and O–H groups in total. The zero-order valence-electron chi connectivity index (χ0n) is 12.0. The fourth-order valence-corrected chi connectivity index (χ4v) is 2.15. The second kappa shape index (κ2) is 7.03. The monoisotopic (exact) mass is 271 g/mol. The lowest BCUT2D eigenvalue weighted by atomic mass is 10.00. The molecule has 1 aromatic carbocycles. The van der Waals surface area contributed by atoms with E-state index in [2.05, 4.69) is 41.6 Å². The number of nitrogens with two attached hydrogens (primary N) is 1. The minimum atomic E-state index is 0.0684. The van der Waals surface area contributed by atoms with Crippen molar-refractivity contribution >= 4 is 0 Å². The average Bonchev–Trinajstić information content (AvgIpc) is 2.50. The standard InChI is InChI=1S/C16H21N3O/c1-12-3-5-13(6-4-12)7-8-16(19-17)14-9-15(20-2)11-18-10-14/h3-6,9-11,16,19H,7-8,17H2,1-2H3. The molecule has 0 fully saturated rings. The van der Waals surface area contributed by atoms with Crippen LogP contribution in [0.15, 0.2) is 42.7 Å². The SMILES string of the molecule is COc1cncc(C(CCc2ccc(C)cc2)NN)c1. The third kappa shape index (κ3) is 3.79. The van der Waals surface area contributed by atoms with Gasteiger partial charge in [-0.1, -0.05) is 29.8 Å². The highest BCUT2D eigenvalue weighted by Crippen LogP contribution is 2.21. The van der Waals surface area contributed by atoms with Crippen molar-refractivity contribution in [3.63, 3.8) is 0 Å². The minimum Gasteiger partial charge on any atom is -0.495 e. The highest BCUT2D eigenvalue weighted by molar-refractivity contribution is 5.26. The molecule has 0 aliphatic heterocycles. The predicted molar refractivity (Wildman–Crippen MR) is 80.4 cm³/mol. The lowest BCUT2D eigenvalue weighted by molar-refractivity contribution is 0.410. The molecule has 0 amide bonds. The second-order valence-corrected chi connectivity index (χ2v) is 4.90. The van der Waals surface area contributed by atoms with Crippen LogP contribution in [0.25, 0.3) is 0 Å². The van der Waals surface area contributed by atoms with Gasteiger partial charge in [0.1, 0.15) is 5.75 Å². The first-order valence-electron chi connectivity index (χ1n) is 6.73. The van der Waals surface area contributed by atoms with Gasteiger partial charge in [0.25, 0.3) is 0 Å². The van der Waals surface area contributed by atoms with Gasteiger partial charge in [-0.25, -0.2) is 0 Å². The number of hydrogen-bond acceptors (Lipinski definition) is 4. The molecule has 1 heterocycles. The molecular formula is C16H21N3O. The Hall–Kier alpha value is -1.91. The number of nitrogens with zero attached hydrogens (tertiary/aromatic N) is 1. The van der Waals surface area contributed by atoms with Crippen LogP contribution in [0.5, 0.6) is 5.75 Å². The van der Waals surface area contributed by atoms with E-state index >= 15 is 0 Å². The van der Waals surface area contributed by atoms with E-state index in [9.17, 15) is 0 Å². The molecule has 0 spiro atoms. The Morgan fingerprint density at radius 2 is 2.00 bits per heavy atom. The van der Waals surface area contributed by atoms with Gasteiger partial charge in [0.05, 0.1) is 13.3 Å². The Kier molecular flexibility index (Phi) is 5.09.